The van der Waals surface area contributed by atoms with Gasteiger partial charge in [-0.1, -0.05) is 0 Å². The summed E-state index contributed by atoms with van der Waals surface area (Å²) in [6.45, 7) is 4.00. The molecule has 3 N–H and O–H groups in total. The van der Waals surface area contributed by atoms with Crippen LogP contribution in [0.2, 0.25) is 0 Å². The molecule has 0 unspecified atom stereocenters. The molecule has 1 aromatic rings. The van der Waals surface area contributed by atoms with Gasteiger partial charge >= 0.3 is 0 Å². The van der Waals surface area contributed by atoms with Gasteiger partial charge in [0.1, 0.15) is 16.2 Å². The molecule has 0 aromatic heterocycles. The van der Waals surface area contributed by atoms with Crippen molar-refractivity contribution in [2.45, 2.75) is 43.0 Å². The second-order valence-electron chi connectivity index (χ2n) is 6.93. The molecule has 158 valence electrons. The number of halogens is 1. The van der Waals surface area contributed by atoms with Gasteiger partial charge in [0.25, 0.3) is 0 Å². The van der Waals surface area contributed by atoms with Gasteiger partial charge in [-0.3, -0.25) is 4.79 Å². The number of ether oxygens (including phenoxy) is 2. The lowest BCUT2D eigenvalue weighted by molar-refractivity contribution is -0.124. The molecule has 10 heteroatoms. The maximum atomic E-state index is 13.0. The van der Waals surface area contributed by atoms with Gasteiger partial charge < -0.3 is 20.5 Å². The topological polar surface area (TPSA) is 111 Å². The van der Waals surface area contributed by atoms with E-state index in [1.165, 1.54) is 10.4 Å². The average Bonchev–Trinajstić information content (AvgIpc) is 3.19. The summed E-state index contributed by atoms with van der Waals surface area (Å²) in [5.41, 5.74) is 5.59. The number of nitrogens with zero attached hydrogens (tertiary/aromatic N) is 1. The van der Waals surface area contributed by atoms with Crippen molar-refractivity contribution >= 4 is 34.0 Å². The van der Waals surface area contributed by atoms with E-state index in [2.05, 4.69) is 5.32 Å². The van der Waals surface area contributed by atoms with Crippen LogP contribution in [0.4, 0.5) is 5.69 Å². The van der Waals surface area contributed by atoms with Gasteiger partial charge in [0.2, 0.25) is 15.9 Å². The van der Waals surface area contributed by atoms with Gasteiger partial charge in [0.05, 0.1) is 6.61 Å². The quantitative estimate of drug-likeness (QED) is 0.706. The molecule has 2 heterocycles. The first-order chi connectivity index (χ1) is 12.9. The minimum absolute atomic E-state index is 0. The van der Waals surface area contributed by atoms with Crippen LogP contribution >= 0.6 is 12.4 Å². The Bertz CT molecular complexity index is 790. The summed E-state index contributed by atoms with van der Waals surface area (Å²) < 4.78 is 38.3. The van der Waals surface area contributed by atoms with Crippen molar-refractivity contribution in [1.29, 1.82) is 0 Å². The smallest absolute Gasteiger partial charge is 0.246 e. The van der Waals surface area contributed by atoms with Gasteiger partial charge in [0.15, 0.2) is 0 Å². The Morgan fingerprint density at radius 1 is 1.29 bits per heavy atom. The van der Waals surface area contributed by atoms with Crippen LogP contribution < -0.4 is 15.8 Å². The normalized spacial score (nSPS) is 19.6. The highest BCUT2D eigenvalue weighted by Crippen LogP contribution is 2.32. The van der Waals surface area contributed by atoms with Crippen LogP contribution in [0.3, 0.4) is 0 Å². The lowest BCUT2D eigenvalue weighted by Gasteiger charge is -2.31. The van der Waals surface area contributed by atoms with Crippen LogP contribution in [0.5, 0.6) is 5.75 Å². The molecule has 1 amide bonds. The molecular weight excluding hydrogens is 406 g/mol. The number of hydrogen-bond donors (Lipinski definition) is 2. The molecule has 3 rings (SSSR count). The molecule has 0 atom stereocenters. The predicted octanol–water partition coefficient (Wildman–Crippen LogP) is 1.74. The SMILES string of the molecule is CCOc1ccc(NC(=O)C2(N)CCOCC2)cc1S(=O)(=O)N1CCCC1.Cl. The number of sulfonamides is 1. The Kier molecular flexibility index (Phi) is 7.69. The number of amides is 1. The van der Waals surface area contributed by atoms with Crippen molar-refractivity contribution in [3.05, 3.63) is 18.2 Å². The van der Waals surface area contributed by atoms with Crippen LogP contribution in [0, 0.1) is 0 Å². The van der Waals surface area contributed by atoms with Gasteiger partial charge in [-0.2, -0.15) is 4.31 Å². The summed E-state index contributed by atoms with van der Waals surface area (Å²) in [5.74, 6) is -0.0459. The van der Waals surface area contributed by atoms with Gasteiger partial charge in [0, 0.05) is 32.0 Å². The molecule has 0 saturated carbocycles. The summed E-state index contributed by atoms with van der Waals surface area (Å²) in [6, 6.07) is 4.67. The van der Waals surface area contributed by atoms with Crippen LogP contribution in [-0.2, 0) is 19.6 Å². The number of rotatable bonds is 6. The van der Waals surface area contributed by atoms with Gasteiger partial charge in [-0.25, -0.2) is 8.42 Å². The minimum Gasteiger partial charge on any atom is -0.492 e. The van der Waals surface area contributed by atoms with Crippen molar-refractivity contribution < 1.29 is 22.7 Å². The van der Waals surface area contributed by atoms with E-state index in [1.807, 2.05) is 0 Å². The standard InChI is InChI=1S/C18H27N3O5S.ClH/c1-2-26-15-6-5-14(20-17(22)18(19)7-11-25-12-8-18)13-16(15)27(23,24)21-9-3-4-10-21;/h5-6,13H,2-4,7-12,19H2,1H3,(H,20,22);1H. The molecule has 2 aliphatic heterocycles. The van der Waals surface area contributed by atoms with Crippen LogP contribution in [0.1, 0.15) is 32.6 Å². The zero-order chi connectivity index (χ0) is 19.5. The molecule has 1 aromatic carbocycles. The van der Waals surface area contributed by atoms with E-state index < -0.39 is 15.6 Å². The highest BCUT2D eigenvalue weighted by Gasteiger charge is 2.36. The third-order valence-electron chi connectivity index (χ3n) is 5.02. The van der Waals surface area contributed by atoms with Crippen molar-refractivity contribution in [3.63, 3.8) is 0 Å². The third-order valence-corrected chi connectivity index (χ3v) is 6.94. The Morgan fingerprint density at radius 2 is 1.93 bits per heavy atom. The van der Waals surface area contributed by atoms with Crippen LogP contribution in [-0.4, -0.2) is 57.1 Å². The minimum atomic E-state index is -3.68. The average molecular weight is 434 g/mol. The summed E-state index contributed by atoms with van der Waals surface area (Å²) >= 11 is 0. The van der Waals surface area contributed by atoms with E-state index in [-0.39, 0.29) is 29.0 Å². The Morgan fingerprint density at radius 3 is 2.54 bits per heavy atom. The summed E-state index contributed by atoms with van der Waals surface area (Å²) in [7, 11) is -3.68. The number of carbonyl (C=O) groups is 1. The molecule has 28 heavy (non-hydrogen) atoms. The van der Waals surface area contributed by atoms with E-state index in [0.29, 0.717) is 51.4 Å². The number of nitrogens with one attached hydrogen (secondary N) is 1. The number of nitrogens with two attached hydrogens (primary N) is 1. The fourth-order valence-electron chi connectivity index (χ4n) is 3.35. The zero-order valence-corrected chi connectivity index (χ0v) is 17.6. The largest absolute Gasteiger partial charge is 0.492 e. The first kappa shape index (κ1) is 22.9. The number of benzene rings is 1. The van der Waals surface area contributed by atoms with Gasteiger partial charge in [-0.05, 0) is 50.8 Å². The number of anilines is 1. The molecular formula is C18H28ClN3O5S. The molecule has 0 radical (unpaired) electrons. The lowest BCUT2D eigenvalue weighted by atomic mass is 9.90. The zero-order valence-electron chi connectivity index (χ0n) is 16.0. The highest BCUT2D eigenvalue weighted by atomic mass is 35.5. The first-order valence-electron chi connectivity index (χ1n) is 9.32. The summed E-state index contributed by atoms with van der Waals surface area (Å²) in [6.07, 6.45) is 2.54. The van der Waals surface area contributed by atoms with E-state index in [0.717, 1.165) is 12.8 Å². The van der Waals surface area contributed by atoms with Crippen LogP contribution in [0.15, 0.2) is 23.1 Å². The fourth-order valence-corrected chi connectivity index (χ4v) is 5.02. The Hall–Kier alpha value is -1.39. The second-order valence-corrected chi connectivity index (χ2v) is 8.83. The first-order valence-corrected chi connectivity index (χ1v) is 10.8. The van der Waals surface area contributed by atoms with E-state index in [9.17, 15) is 13.2 Å². The van der Waals surface area contributed by atoms with Crippen molar-refractivity contribution in [2.75, 3.05) is 38.2 Å². The van der Waals surface area contributed by atoms with Crippen molar-refractivity contribution in [3.8, 4) is 5.75 Å². The Balaban J connectivity index is 0.00000280. The second kappa shape index (κ2) is 9.41. The lowest BCUT2D eigenvalue weighted by Crippen LogP contribution is -2.54. The predicted molar refractivity (Wildman–Crippen MR) is 108 cm³/mol. The summed E-state index contributed by atoms with van der Waals surface area (Å²) in [5, 5.41) is 2.77. The van der Waals surface area contributed by atoms with E-state index in [4.69, 9.17) is 15.2 Å². The molecule has 0 spiro atoms. The third kappa shape index (κ3) is 4.77. The summed E-state index contributed by atoms with van der Waals surface area (Å²) in [4.78, 5) is 12.7. The molecule has 0 aliphatic carbocycles. The number of hydrogen-bond acceptors (Lipinski definition) is 6. The fraction of sp³-hybridized carbons (Fsp3) is 0.611. The van der Waals surface area contributed by atoms with Crippen molar-refractivity contribution in [1.82, 2.24) is 4.31 Å². The highest BCUT2D eigenvalue weighted by molar-refractivity contribution is 7.89. The van der Waals surface area contributed by atoms with Crippen LogP contribution in [0.25, 0.3) is 0 Å². The van der Waals surface area contributed by atoms with E-state index in [1.54, 1.807) is 19.1 Å². The van der Waals surface area contributed by atoms with Crippen molar-refractivity contribution in [2.24, 2.45) is 5.73 Å². The maximum absolute atomic E-state index is 13.0. The molecule has 2 saturated heterocycles. The van der Waals surface area contributed by atoms with Gasteiger partial charge in [-0.15, -0.1) is 12.4 Å². The molecule has 2 fully saturated rings. The molecule has 0 bridgehead atoms. The molecule has 8 nitrogen and oxygen atoms in total. The Labute approximate surface area is 172 Å². The monoisotopic (exact) mass is 433 g/mol. The molecule has 2 aliphatic rings. The maximum Gasteiger partial charge on any atom is 0.246 e. The van der Waals surface area contributed by atoms with E-state index >= 15 is 0 Å². The number of carbonyl (C=O) groups excluding carboxylic acids is 1.